The van der Waals surface area contributed by atoms with Crippen molar-refractivity contribution >= 4 is 0 Å². The number of nitrogens with one attached hydrogen (secondary N) is 1. The Bertz CT molecular complexity index is 398. The normalized spacial score (nSPS) is 32.0. The average molecular weight is 247 g/mol. The second-order valence-corrected chi connectivity index (χ2v) is 6.16. The number of hydrogen-bond acceptors (Lipinski definition) is 2. The molecule has 2 saturated carbocycles. The molecule has 0 saturated heterocycles. The Balaban J connectivity index is 1.69. The molecule has 0 radical (unpaired) electrons. The Kier molecular flexibility index (Phi) is 3.42. The van der Waals surface area contributed by atoms with Gasteiger partial charge in [-0.15, -0.1) is 0 Å². The summed E-state index contributed by atoms with van der Waals surface area (Å²) in [4.78, 5) is 0. The maximum absolute atomic E-state index is 4.32. The fourth-order valence-corrected chi connectivity index (χ4v) is 4.25. The quantitative estimate of drug-likeness (QED) is 0.867. The van der Waals surface area contributed by atoms with E-state index in [0.717, 1.165) is 24.3 Å². The molecule has 4 atom stereocenters. The Morgan fingerprint density at radius 1 is 1.44 bits per heavy atom. The average Bonchev–Trinajstić information content (AvgIpc) is 3.04. The van der Waals surface area contributed by atoms with Gasteiger partial charge in [-0.1, -0.05) is 13.3 Å². The van der Waals surface area contributed by atoms with Gasteiger partial charge in [0.1, 0.15) is 0 Å². The number of rotatable bonds is 5. The van der Waals surface area contributed by atoms with Crippen molar-refractivity contribution in [3.63, 3.8) is 0 Å². The van der Waals surface area contributed by atoms with Gasteiger partial charge in [0.05, 0.1) is 5.69 Å². The van der Waals surface area contributed by atoms with E-state index >= 15 is 0 Å². The first-order valence-corrected chi connectivity index (χ1v) is 7.49. The molecule has 2 aliphatic rings. The maximum atomic E-state index is 4.32. The van der Waals surface area contributed by atoms with Gasteiger partial charge in [0.15, 0.2) is 0 Å². The van der Waals surface area contributed by atoms with Crippen LogP contribution in [0.25, 0.3) is 0 Å². The minimum atomic E-state index is 0.492. The molecule has 3 rings (SSSR count). The molecule has 1 N–H and O–H groups in total. The molecular weight excluding hydrogens is 222 g/mol. The van der Waals surface area contributed by atoms with E-state index < -0.39 is 0 Å². The van der Waals surface area contributed by atoms with Crippen molar-refractivity contribution in [1.82, 2.24) is 15.1 Å². The second-order valence-electron chi connectivity index (χ2n) is 6.16. The number of fused-ring (bicyclic) bond motifs is 2. The summed E-state index contributed by atoms with van der Waals surface area (Å²) in [6.45, 7) is 3.24. The van der Waals surface area contributed by atoms with Crippen molar-refractivity contribution in [2.24, 2.45) is 24.8 Å². The van der Waals surface area contributed by atoms with Gasteiger partial charge in [-0.05, 0) is 56.0 Å². The Morgan fingerprint density at radius 2 is 2.33 bits per heavy atom. The first-order chi connectivity index (χ1) is 8.78. The molecule has 2 aliphatic carbocycles. The van der Waals surface area contributed by atoms with E-state index in [4.69, 9.17) is 0 Å². The van der Waals surface area contributed by atoms with E-state index in [1.54, 1.807) is 0 Å². The predicted molar refractivity (Wildman–Crippen MR) is 73.2 cm³/mol. The van der Waals surface area contributed by atoms with Gasteiger partial charge in [-0.25, -0.2) is 0 Å². The summed E-state index contributed by atoms with van der Waals surface area (Å²) in [6.07, 6.45) is 9.19. The van der Waals surface area contributed by atoms with Crippen LogP contribution in [0.5, 0.6) is 0 Å². The highest BCUT2D eigenvalue weighted by molar-refractivity contribution is 5.08. The fraction of sp³-hybridized carbons (Fsp3) is 0.800. The number of aryl methyl sites for hydroxylation is 1. The number of nitrogens with zero attached hydrogens (tertiary/aromatic N) is 2. The van der Waals surface area contributed by atoms with Crippen molar-refractivity contribution in [3.8, 4) is 0 Å². The molecule has 3 nitrogen and oxygen atoms in total. The van der Waals surface area contributed by atoms with Gasteiger partial charge in [0.2, 0.25) is 0 Å². The molecule has 18 heavy (non-hydrogen) atoms. The largest absolute Gasteiger partial charge is 0.309 e. The zero-order chi connectivity index (χ0) is 12.5. The number of aromatic nitrogens is 2. The van der Waals surface area contributed by atoms with Gasteiger partial charge in [0.25, 0.3) is 0 Å². The Morgan fingerprint density at radius 3 is 2.89 bits per heavy atom. The lowest BCUT2D eigenvalue weighted by atomic mass is 9.83. The highest BCUT2D eigenvalue weighted by Gasteiger charge is 2.40. The van der Waals surface area contributed by atoms with Crippen molar-refractivity contribution in [3.05, 3.63) is 18.0 Å². The molecule has 1 aromatic heterocycles. The molecule has 0 amide bonds. The molecule has 2 fully saturated rings. The van der Waals surface area contributed by atoms with Crippen molar-refractivity contribution < 1.29 is 0 Å². The van der Waals surface area contributed by atoms with Crippen LogP contribution in [0, 0.1) is 17.8 Å². The summed E-state index contributed by atoms with van der Waals surface area (Å²) in [5.41, 5.74) is 1.35. The zero-order valence-corrected chi connectivity index (χ0v) is 11.6. The number of hydrogen-bond donors (Lipinski definition) is 1. The maximum Gasteiger partial charge on any atom is 0.0550 e. The van der Waals surface area contributed by atoms with Crippen LogP contribution in [-0.4, -0.2) is 16.3 Å². The van der Waals surface area contributed by atoms with E-state index in [1.807, 2.05) is 10.9 Å². The van der Waals surface area contributed by atoms with E-state index in [0.29, 0.717) is 6.04 Å². The third kappa shape index (κ3) is 2.20. The minimum absolute atomic E-state index is 0.492. The molecule has 0 aliphatic heterocycles. The van der Waals surface area contributed by atoms with Crippen LogP contribution in [-0.2, 0) is 7.05 Å². The highest BCUT2D eigenvalue weighted by Crippen LogP contribution is 2.50. The summed E-state index contributed by atoms with van der Waals surface area (Å²) in [7, 11) is 2.06. The van der Waals surface area contributed by atoms with Crippen LogP contribution in [0.15, 0.2) is 12.3 Å². The van der Waals surface area contributed by atoms with Crippen LogP contribution in [0.3, 0.4) is 0 Å². The van der Waals surface area contributed by atoms with Crippen LogP contribution < -0.4 is 5.32 Å². The van der Waals surface area contributed by atoms with Gasteiger partial charge < -0.3 is 5.32 Å². The topological polar surface area (TPSA) is 29.9 Å². The zero-order valence-electron chi connectivity index (χ0n) is 11.6. The van der Waals surface area contributed by atoms with E-state index in [9.17, 15) is 0 Å². The molecule has 4 unspecified atom stereocenters. The molecule has 1 heterocycles. The highest BCUT2D eigenvalue weighted by atomic mass is 15.3. The third-order valence-corrected chi connectivity index (χ3v) is 5.09. The molecule has 2 bridgehead atoms. The lowest BCUT2D eigenvalue weighted by Crippen LogP contribution is -2.27. The summed E-state index contributed by atoms with van der Waals surface area (Å²) >= 11 is 0. The lowest BCUT2D eigenvalue weighted by Gasteiger charge is -2.27. The molecule has 3 heteroatoms. The van der Waals surface area contributed by atoms with E-state index in [-0.39, 0.29) is 0 Å². The van der Waals surface area contributed by atoms with Crippen LogP contribution in [0.2, 0.25) is 0 Å². The summed E-state index contributed by atoms with van der Waals surface area (Å²) in [5, 5.41) is 7.97. The predicted octanol–water partition coefficient (Wildman–Crippen LogP) is 2.90. The monoisotopic (exact) mass is 247 g/mol. The smallest absolute Gasteiger partial charge is 0.0550 e. The van der Waals surface area contributed by atoms with Crippen LogP contribution >= 0.6 is 0 Å². The van der Waals surface area contributed by atoms with Crippen molar-refractivity contribution in [1.29, 1.82) is 0 Å². The standard InChI is InChI=1S/C15H25N3/c1-3-16-14(15-6-7-17-18(15)2)10-13-9-11-4-5-12(13)8-11/h6-7,11-14,16H,3-5,8-10H2,1-2H3. The molecule has 0 spiro atoms. The van der Waals surface area contributed by atoms with Gasteiger partial charge in [0, 0.05) is 19.3 Å². The second kappa shape index (κ2) is 5.04. The van der Waals surface area contributed by atoms with E-state index in [1.165, 1.54) is 37.8 Å². The van der Waals surface area contributed by atoms with Gasteiger partial charge >= 0.3 is 0 Å². The first kappa shape index (κ1) is 12.2. The molecule has 0 aromatic carbocycles. The summed E-state index contributed by atoms with van der Waals surface area (Å²) < 4.78 is 2.03. The Hall–Kier alpha value is -0.830. The van der Waals surface area contributed by atoms with Crippen molar-refractivity contribution in [2.75, 3.05) is 6.54 Å². The van der Waals surface area contributed by atoms with Crippen LogP contribution in [0.1, 0.15) is 50.8 Å². The first-order valence-electron chi connectivity index (χ1n) is 7.49. The van der Waals surface area contributed by atoms with Gasteiger partial charge in [-0.2, -0.15) is 5.10 Å². The minimum Gasteiger partial charge on any atom is -0.309 e. The summed E-state index contributed by atoms with van der Waals surface area (Å²) in [5.74, 6) is 3.01. The fourth-order valence-electron chi connectivity index (χ4n) is 4.25. The SMILES string of the molecule is CCNC(CC1CC2CCC1C2)c1ccnn1C. The Labute approximate surface area is 110 Å². The van der Waals surface area contributed by atoms with Gasteiger partial charge in [-0.3, -0.25) is 4.68 Å². The molecule has 100 valence electrons. The van der Waals surface area contributed by atoms with Crippen molar-refractivity contribution in [2.45, 2.75) is 45.1 Å². The molecule has 1 aromatic rings. The summed E-state index contributed by atoms with van der Waals surface area (Å²) in [6, 6.07) is 2.66. The van der Waals surface area contributed by atoms with Crippen LogP contribution in [0.4, 0.5) is 0 Å². The lowest BCUT2D eigenvalue weighted by molar-refractivity contribution is 0.276. The third-order valence-electron chi connectivity index (χ3n) is 5.09. The molecular formula is C15H25N3. The van der Waals surface area contributed by atoms with E-state index in [2.05, 4.69) is 30.5 Å².